The van der Waals surface area contributed by atoms with Crippen LogP contribution in [0.25, 0.3) is 0 Å². The Morgan fingerprint density at radius 1 is 1.19 bits per heavy atom. The van der Waals surface area contributed by atoms with Gasteiger partial charge in [-0.1, -0.05) is 19.1 Å². The van der Waals surface area contributed by atoms with Gasteiger partial charge in [-0.2, -0.15) is 15.0 Å². The molecule has 0 unspecified atom stereocenters. The lowest BCUT2D eigenvalue weighted by Gasteiger charge is -2.29. The topological polar surface area (TPSA) is 90.7 Å². The number of nitrogen functional groups attached to an aromatic ring is 2. The first-order chi connectivity index (χ1) is 7.58. The monoisotopic (exact) mass is 217 g/mol. The third-order valence-corrected chi connectivity index (χ3v) is 3.86. The third kappa shape index (κ3) is 1.20. The molecule has 1 heterocycles. The molecule has 0 aliphatic heterocycles. The van der Waals surface area contributed by atoms with Gasteiger partial charge in [0.15, 0.2) is 0 Å². The van der Waals surface area contributed by atoms with Gasteiger partial charge in [0.1, 0.15) is 5.82 Å². The van der Waals surface area contributed by atoms with Crippen molar-refractivity contribution < 1.29 is 0 Å². The second-order valence-corrected chi connectivity index (χ2v) is 4.98. The van der Waals surface area contributed by atoms with Crippen LogP contribution in [0.5, 0.6) is 0 Å². The Morgan fingerprint density at radius 3 is 2.38 bits per heavy atom. The third-order valence-electron chi connectivity index (χ3n) is 3.86. The fourth-order valence-corrected chi connectivity index (χ4v) is 3.02. The van der Waals surface area contributed by atoms with Crippen molar-refractivity contribution in [2.45, 2.75) is 25.2 Å². The van der Waals surface area contributed by atoms with E-state index in [4.69, 9.17) is 11.5 Å². The fraction of sp³-hybridized carbons (Fsp3) is 0.545. The van der Waals surface area contributed by atoms with E-state index in [-0.39, 0.29) is 17.3 Å². The minimum Gasteiger partial charge on any atom is -0.368 e. The minimum absolute atomic E-state index is 0.0232. The number of allylic oxidation sites excluding steroid dienone is 2. The van der Waals surface area contributed by atoms with E-state index in [0.717, 1.165) is 12.2 Å². The predicted octanol–water partition coefficient (Wildman–Crippen LogP) is 0.890. The molecule has 2 aliphatic rings. The molecule has 3 rings (SSSR count). The lowest BCUT2D eigenvalue weighted by Crippen LogP contribution is -2.30. The highest BCUT2D eigenvalue weighted by Crippen LogP contribution is 2.52. The van der Waals surface area contributed by atoms with E-state index in [9.17, 15) is 0 Å². The average Bonchev–Trinajstić information content (AvgIpc) is 2.76. The molecule has 1 aromatic rings. The summed E-state index contributed by atoms with van der Waals surface area (Å²) in [6, 6.07) is 0. The van der Waals surface area contributed by atoms with E-state index in [1.807, 2.05) is 0 Å². The molecule has 2 bridgehead atoms. The van der Waals surface area contributed by atoms with E-state index < -0.39 is 0 Å². The molecule has 5 heteroatoms. The molecular formula is C11H15N5. The summed E-state index contributed by atoms with van der Waals surface area (Å²) in [6.45, 7) is 2.19. The molecule has 1 saturated carbocycles. The SMILES string of the molecule is C[C@]1(c2nc(N)nc(N)n2)C[C@H]2C=C[C@@H]1C2. The van der Waals surface area contributed by atoms with Crippen molar-refractivity contribution in [2.75, 3.05) is 11.5 Å². The van der Waals surface area contributed by atoms with Crippen LogP contribution in [0.1, 0.15) is 25.6 Å². The second kappa shape index (κ2) is 2.93. The Bertz CT molecular complexity index is 449. The molecular weight excluding hydrogens is 202 g/mol. The molecule has 0 radical (unpaired) electrons. The molecule has 3 atom stereocenters. The maximum atomic E-state index is 5.62. The molecule has 0 spiro atoms. The van der Waals surface area contributed by atoms with Crippen molar-refractivity contribution in [1.82, 2.24) is 15.0 Å². The van der Waals surface area contributed by atoms with Crippen molar-refractivity contribution in [3.63, 3.8) is 0 Å². The fourth-order valence-electron chi connectivity index (χ4n) is 3.02. The highest BCUT2D eigenvalue weighted by molar-refractivity contribution is 5.32. The first-order valence-corrected chi connectivity index (χ1v) is 5.54. The maximum absolute atomic E-state index is 5.62. The number of hydrogen-bond donors (Lipinski definition) is 2. The smallest absolute Gasteiger partial charge is 0.225 e. The van der Waals surface area contributed by atoms with Crippen LogP contribution in [0, 0.1) is 11.8 Å². The van der Waals surface area contributed by atoms with E-state index in [2.05, 4.69) is 34.0 Å². The standard InChI is InChI=1S/C11H15N5/c1-11(5-6-2-3-7(11)4-6)8-14-9(12)16-10(13)15-8/h2-3,6-7H,4-5H2,1H3,(H4,12,13,14,15,16)/t6-,7+,11-/m0/s1. The van der Waals surface area contributed by atoms with Crippen LogP contribution in [-0.2, 0) is 5.41 Å². The van der Waals surface area contributed by atoms with Gasteiger partial charge in [0, 0.05) is 5.41 Å². The zero-order valence-electron chi connectivity index (χ0n) is 9.22. The normalized spacial score (nSPS) is 35.8. The van der Waals surface area contributed by atoms with Gasteiger partial charge in [0.05, 0.1) is 0 Å². The summed E-state index contributed by atoms with van der Waals surface area (Å²) >= 11 is 0. The van der Waals surface area contributed by atoms with Gasteiger partial charge >= 0.3 is 0 Å². The van der Waals surface area contributed by atoms with Crippen LogP contribution < -0.4 is 11.5 Å². The zero-order valence-corrected chi connectivity index (χ0v) is 9.22. The minimum atomic E-state index is -0.0232. The Hall–Kier alpha value is -1.65. The molecule has 0 aromatic carbocycles. The van der Waals surface area contributed by atoms with Gasteiger partial charge in [-0.3, -0.25) is 0 Å². The van der Waals surface area contributed by atoms with Crippen molar-refractivity contribution in [1.29, 1.82) is 0 Å². The lowest BCUT2D eigenvalue weighted by molar-refractivity contribution is 0.372. The largest absolute Gasteiger partial charge is 0.368 e. The Kier molecular flexibility index (Phi) is 1.75. The van der Waals surface area contributed by atoms with Crippen LogP contribution in [0.2, 0.25) is 0 Å². The van der Waals surface area contributed by atoms with Crippen LogP contribution >= 0.6 is 0 Å². The highest BCUT2D eigenvalue weighted by atomic mass is 15.1. The van der Waals surface area contributed by atoms with Gasteiger partial charge in [0.2, 0.25) is 11.9 Å². The summed E-state index contributed by atoms with van der Waals surface area (Å²) in [4.78, 5) is 12.3. The van der Waals surface area contributed by atoms with Crippen molar-refractivity contribution in [2.24, 2.45) is 11.8 Å². The number of anilines is 2. The molecule has 16 heavy (non-hydrogen) atoms. The number of aromatic nitrogens is 3. The van der Waals surface area contributed by atoms with E-state index >= 15 is 0 Å². The molecule has 1 fully saturated rings. The van der Waals surface area contributed by atoms with Gasteiger partial charge in [0.25, 0.3) is 0 Å². The number of nitrogens with two attached hydrogens (primary N) is 2. The predicted molar refractivity (Wildman–Crippen MR) is 61.4 cm³/mol. The van der Waals surface area contributed by atoms with E-state index in [1.54, 1.807) is 0 Å². The van der Waals surface area contributed by atoms with Crippen LogP contribution in [0.4, 0.5) is 11.9 Å². The van der Waals surface area contributed by atoms with Gasteiger partial charge < -0.3 is 11.5 Å². The van der Waals surface area contributed by atoms with Crippen molar-refractivity contribution in [3.05, 3.63) is 18.0 Å². The van der Waals surface area contributed by atoms with Crippen molar-refractivity contribution >= 4 is 11.9 Å². The second-order valence-electron chi connectivity index (χ2n) is 4.98. The summed E-state index contributed by atoms with van der Waals surface area (Å²) in [7, 11) is 0. The van der Waals surface area contributed by atoms with E-state index in [1.165, 1.54) is 6.42 Å². The maximum Gasteiger partial charge on any atom is 0.225 e. The highest BCUT2D eigenvalue weighted by Gasteiger charge is 2.48. The molecule has 84 valence electrons. The van der Waals surface area contributed by atoms with Crippen LogP contribution in [0.15, 0.2) is 12.2 Å². The van der Waals surface area contributed by atoms with Crippen LogP contribution in [-0.4, -0.2) is 15.0 Å². The summed E-state index contributed by atoms with van der Waals surface area (Å²) in [5.74, 6) is 2.35. The first kappa shape index (κ1) is 9.57. The molecule has 0 amide bonds. The Labute approximate surface area is 94.0 Å². The molecule has 2 aliphatic carbocycles. The molecule has 1 aromatic heterocycles. The number of nitrogens with zero attached hydrogens (tertiary/aromatic N) is 3. The molecule has 0 saturated heterocycles. The number of rotatable bonds is 1. The lowest BCUT2D eigenvalue weighted by atomic mass is 9.77. The summed E-state index contributed by atoms with van der Waals surface area (Å²) in [5, 5.41) is 0. The Morgan fingerprint density at radius 2 is 1.88 bits per heavy atom. The summed E-state index contributed by atoms with van der Waals surface area (Å²) < 4.78 is 0. The molecule has 5 nitrogen and oxygen atoms in total. The first-order valence-electron chi connectivity index (χ1n) is 5.54. The average molecular weight is 217 g/mol. The van der Waals surface area contributed by atoms with Gasteiger partial charge in [-0.25, -0.2) is 0 Å². The van der Waals surface area contributed by atoms with E-state index in [0.29, 0.717) is 11.8 Å². The summed E-state index contributed by atoms with van der Waals surface area (Å²) in [5.41, 5.74) is 11.2. The Balaban J connectivity index is 2.06. The quantitative estimate of drug-likeness (QED) is 0.682. The number of hydrogen-bond acceptors (Lipinski definition) is 5. The van der Waals surface area contributed by atoms with Crippen molar-refractivity contribution in [3.8, 4) is 0 Å². The summed E-state index contributed by atoms with van der Waals surface area (Å²) in [6.07, 6.45) is 6.84. The molecule has 4 N–H and O–H groups in total. The van der Waals surface area contributed by atoms with Crippen LogP contribution in [0.3, 0.4) is 0 Å². The van der Waals surface area contributed by atoms with Gasteiger partial charge in [-0.05, 0) is 24.7 Å². The van der Waals surface area contributed by atoms with Gasteiger partial charge in [-0.15, -0.1) is 0 Å². The zero-order chi connectivity index (χ0) is 11.3. The number of fused-ring (bicyclic) bond motifs is 2.